The number of hydrogen-bond donors (Lipinski definition) is 0. The highest BCUT2D eigenvalue weighted by atomic mass is 28.3. The smallest absolute Gasteiger partial charge is 0.118 e. The van der Waals surface area contributed by atoms with Gasteiger partial charge in [0, 0.05) is 0 Å². The van der Waals surface area contributed by atoms with Crippen LogP contribution in [0.15, 0.2) is 36.0 Å². The summed E-state index contributed by atoms with van der Waals surface area (Å²) in [5.41, 5.74) is 3.58. The zero-order valence-corrected chi connectivity index (χ0v) is 11.9. The molecule has 1 heterocycles. The van der Waals surface area contributed by atoms with Crippen LogP contribution in [-0.4, -0.2) is 21.3 Å². The third-order valence-electron chi connectivity index (χ3n) is 2.76. The monoisotopic (exact) mass is 248 g/mol. The molecule has 0 aliphatic carbocycles. The van der Waals surface area contributed by atoms with Crippen LogP contribution in [0.3, 0.4) is 0 Å². The molecule has 2 rings (SSSR count). The number of benzene rings is 1. The van der Waals surface area contributed by atoms with Crippen LogP contribution in [0, 0.1) is 0 Å². The van der Waals surface area contributed by atoms with Gasteiger partial charge >= 0.3 is 0 Å². The quantitative estimate of drug-likeness (QED) is 0.600. The van der Waals surface area contributed by atoms with Crippen LogP contribution in [0.1, 0.15) is 11.7 Å². The Balaban J connectivity index is 1.96. The van der Waals surface area contributed by atoms with Crippen molar-refractivity contribution in [2.24, 2.45) is 0 Å². The lowest BCUT2D eigenvalue weighted by Crippen LogP contribution is -2.15. The molecule has 1 saturated heterocycles. The van der Waals surface area contributed by atoms with Crippen molar-refractivity contribution in [3.63, 3.8) is 0 Å². The highest BCUT2D eigenvalue weighted by Gasteiger charge is 2.38. The third-order valence-corrected chi connectivity index (χ3v) is 3.95. The fourth-order valence-corrected chi connectivity index (χ4v) is 2.48. The Bertz CT molecular complexity index is 403. The van der Waals surface area contributed by atoms with Gasteiger partial charge in [-0.05, 0) is 17.7 Å². The standard InChI is InChI=1S/C14H20O2Si/c1-15-12-7-5-11(6-8-12)14-13(16-14)9-10-17(2,3)4/h5-10,13-14H,1-4H3/b10-9+/t13-,14-/m1/s1. The minimum absolute atomic E-state index is 0.244. The van der Waals surface area contributed by atoms with Crippen LogP contribution < -0.4 is 4.74 Å². The number of rotatable bonds is 4. The first-order chi connectivity index (χ1) is 7.99. The lowest BCUT2D eigenvalue weighted by molar-refractivity contribution is 0.393. The average Bonchev–Trinajstić information content (AvgIpc) is 3.05. The second kappa shape index (κ2) is 4.67. The van der Waals surface area contributed by atoms with Gasteiger partial charge in [0.15, 0.2) is 0 Å². The fraction of sp³-hybridized carbons (Fsp3) is 0.429. The zero-order chi connectivity index (χ0) is 12.5. The Morgan fingerprint density at radius 2 is 1.82 bits per heavy atom. The van der Waals surface area contributed by atoms with Crippen molar-refractivity contribution in [3.8, 4) is 5.75 Å². The molecule has 92 valence electrons. The summed E-state index contributed by atoms with van der Waals surface area (Å²) in [6, 6.07) is 8.12. The molecule has 3 heteroatoms. The topological polar surface area (TPSA) is 21.8 Å². The summed E-state index contributed by atoms with van der Waals surface area (Å²) in [5, 5.41) is 0. The van der Waals surface area contributed by atoms with E-state index in [0.717, 1.165) is 5.75 Å². The van der Waals surface area contributed by atoms with Gasteiger partial charge in [0.05, 0.1) is 15.2 Å². The molecule has 0 aromatic heterocycles. The van der Waals surface area contributed by atoms with Crippen molar-refractivity contribution in [2.45, 2.75) is 31.8 Å². The highest BCUT2D eigenvalue weighted by Crippen LogP contribution is 2.40. The zero-order valence-electron chi connectivity index (χ0n) is 10.9. The summed E-state index contributed by atoms with van der Waals surface area (Å²) in [6.45, 7) is 6.98. The second-order valence-corrected chi connectivity index (χ2v) is 10.6. The van der Waals surface area contributed by atoms with E-state index in [9.17, 15) is 0 Å². The maximum absolute atomic E-state index is 5.67. The average molecular weight is 248 g/mol. The van der Waals surface area contributed by atoms with Crippen molar-refractivity contribution in [2.75, 3.05) is 7.11 Å². The molecule has 1 aliphatic heterocycles. The number of methoxy groups -OCH3 is 1. The van der Waals surface area contributed by atoms with Gasteiger partial charge in [-0.25, -0.2) is 0 Å². The highest BCUT2D eigenvalue weighted by molar-refractivity contribution is 6.80. The summed E-state index contributed by atoms with van der Waals surface area (Å²) >= 11 is 0. The maximum Gasteiger partial charge on any atom is 0.118 e. The molecule has 2 atom stereocenters. The second-order valence-electron chi connectivity index (χ2n) is 5.52. The first kappa shape index (κ1) is 12.4. The van der Waals surface area contributed by atoms with E-state index in [1.807, 2.05) is 12.1 Å². The first-order valence-corrected chi connectivity index (χ1v) is 9.56. The van der Waals surface area contributed by atoms with Crippen LogP contribution in [0.4, 0.5) is 0 Å². The SMILES string of the molecule is COc1ccc([C@H]2O[C@@H]2/C=C/[Si](C)(C)C)cc1. The Labute approximate surface area is 104 Å². The summed E-state index contributed by atoms with van der Waals surface area (Å²) in [7, 11) is 0.577. The van der Waals surface area contributed by atoms with Crippen LogP contribution in [-0.2, 0) is 4.74 Å². The van der Waals surface area contributed by atoms with E-state index in [-0.39, 0.29) is 12.2 Å². The molecule has 1 fully saturated rings. The van der Waals surface area contributed by atoms with Gasteiger partial charge in [-0.15, -0.1) is 0 Å². The van der Waals surface area contributed by atoms with Crippen LogP contribution in [0.2, 0.25) is 19.6 Å². The normalized spacial score (nSPS) is 24.0. The predicted octanol–water partition coefficient (Wildman–Crippen LogP) is 3.57. The van der Waals surface area contributed by atoms with E-state index in [0.29, 0.717) is 0 Å². The molecule has 0 amide bonds. The molecule has 0 spiro atoms. The third kappa shape index (κ3) is 3.45. The van der Waals surface area contributed by atoms with Crippen LogP contribution in [0.25, 0.3) is 0 Å². The Morgan fingerprint density at radius 1 is 1.18 bits per heavy atom. The fourth-order valence-electron chi connectivity index (χ4n) is 1.72. The van der Waals surface area contributed by atoms with E-state index in [1.54, 1.807) is 7.11 Å². The van der Waals surface area contributed by atoms with E-state index in [4.69, 9.17) is 9.47 Å². The summed E-state index contributed by atoms with van der Waals surface area (Å²) < 4.78 is 10.8. The predicted molar refractivity (Wildman–Crippen MR) is 73.1 cm³/mol. The van der Waals surface area contributed by atoms with Crippen LogP contribution in [0.5, 0.6) is 5.75 Å². The lowest BCUT2D eigenvalue weighted by atomic mass is 10.1. The molecule has 0 radical (unpaired) electrons. The Hall–Kier alpha value is -1.06. The summed E-state index contributed by atoms with van der Waals surface area (Å²) in [4.78, 5) is 0. The molecule has 2 nitrogen and oxygen atoms in total. The molecule has 0 unspecified atom stereocenters. The molecule has 0 saturated carbocycles. The van der Waals surface area contributed by atoms with Gasteiger partial charge in [-0.1, -0.05) is 43.5 Å². The largest absolute Gasteiger partial charge is 0.497 e. The Kier molecular flexibility index (Phi) is 3.40. The molecule has 1 aliphatic rings. The van der Waals surface area contributed by atoms with E-state index in [2.05, 4.69) is 43.5 Å². The number of hydrogen-bond acceptors (Lipinski definition) is 2. The van der Waals surface area contributed by atoms with Crippen molar-refractivity contribution < 1.29 is 9.47 Å². The van der Waals surface area contributed by atoms with Gasteiger partial charge in [-0.2, -0.15) is 0 Å². The molecule has 1 aromatic carbocycles. The van der Waals surface area contributed by atoms with Gasteiger partial charge in [-0.3, -0.25) is 0 Å². The minimum atomic E-state index is -1.11. The molecular weight excluding hydrogens is 228 g/mol. The minimum Gasteiger partial charge on any atom is -0.497 e. The van der Waals surface area contributed by atoms with E-state index < -0.39 is 8.07 Å². The van der Waals surface area contributed by atoms with E-state index in [1.165, 1.54) is 5.56 Å². The van der Waals surface area contributed by atoms with Crippen LogP contribution >= 0.6 is 0 Å². The lowest BCUT2D eigenvalue weighted by Gasteiger charge is -2.07. The van der Waals surface area contributed by atoms with Gasteiger partial charge in [0.1, 0.15) is 18.0 Å². The van der Waals surface area contributed by atoms with E-state index >= 15 is 0 Å². The number of epoxide rings is 1. The summed E-state index contributed by atoms with van der Waals surface area (Å²) in [6.07, 6.45) is 2.74. The van der Waals surface area contributed by atoms with Crippen molar-refractivity contribution in [1.29, 1.82) is 0 Å². The number of ether oxygens (including phenoxy) is 2. The molecule has 0 bridgehead atoms. The van der Waals surface area contributed by atoms with Gasteiger partial charge in [0.2, 0.25) is 0 Å². The Morgan fingerprint density at radius 3 is 2.35 bits per heavy atom. The molecule has 1 aromatic rings. The summed E-state index contributed by atoms with van der Waals surface area (Å²) in [5.74, 6) is 0.892. The van der Waals surface area contributed by atoms with Gasteiger partial charge in [0.25, 0.3) is 0 Å². The van der Waals surface area contributed by atoms with Crippen molar-refractivity contribution in [3.05, 3.63) is 41.6 Å². The van der Waals surface area contributed by atoms with Gasteiger partial charge < -0.3 is 9.47 Å². The molecule has 0 N–H and O–H groups in total. The molecular formula is C14H20O2Si. The molecule has 17 heavy (non-hydrogen) atoms. The van der Waals surface area contributed by atoms with Crippen molar-refractivity contribution >= 4 is 8.07 Å². The van der Waals surface area contributed by atoms with Crippen molar-refractivity contribution in [1.82, 2.24) is 0 Å². The maximum atomic E-state index is 5.67. The first-order valence-electron chi connectivity index (χ1n) is 5.98.